The van der Waals surface area contributed by atoms with Gasteiger partial charge in [0, 0.05) is 42.9 Å². The largest absolute Gasteiger partial charge is 0.389 e. The van der Waals surface area contributed by atoms with Crippen LogP contribution in [-0.2, 0) is 11.2 Å². The summed E-state index contributed by atoms with van der Waals surface area (Å²) in [4.78, 5) is 40.6. The first-order valence-electron chi connectivity index (χ1n) is 12.5. The zero-order chi connectivity index (χ0) is 26.7. The van der Waals surface area contributed by atoms with Gasteiger partial charge in [-0.3, -0.25) is 14.4 Å². The number of nitrogens with one attached hydrogen (secondary N) is 3. The maximum atomic E-state index is 13.8. The van der Waals surface area contributed by atoms with Crippen LogP contribution in [0.15, 0.2) is 36.4 Å². The summed E-state index contributed by atoms with van der Waals surface area (Å²) >= 11 is 0. The number of carbonyl (C=O) groups excluding carboxylic acids is 3. The van der Waals surface area contributed by atoms with Crippen LogP contribution in [0.2, 0.25) is 0 Å². The Morgan fingerprint density at radius 1 is 1.11 bits per heavy atom. The fourth-order valence-corrected chi connectivity index (χ4v) is 5.05. The number of rotatable bonds is 7. The average molecular weight is 515 g/mol. The molecule has 4 atom stereocenters. The Labute approximate surface area is 214 Å². The number of nitrogens with zero attached hydrogens (tertiary/aromatic N) is 1. The minimum absolute atomic E-state index is 0.116. The zero-order valence-corrected chi connectivity index (χ0v) is 20.9. The zero-order valence-electron chi connectivity index (χ0n) is 20.9. The predicted molar refractivity (Wildman–Crippen MR) is 133 cm³/mol. The number of halogens is 2. The molecule has 37 heavy (non-hydrogen) atoms. The first-order chi connectivity index (χ1) is 17.6. The van der Waals surface area contributed by atoms with Crippen LogP contribution in [0.5, 0.6) is 0 Å². The summed E-state index contributed by atoms with van der Waals surface area (Å²) in [6.45, 7) is 5.24. The van der Waals surface area contributed by atoms with Crippen molar-refractivity contribution in [3.8, 4) is 0 Å². The van der Waals surface area contributed by atoms with Crippen molar-refractivity contribution in [2.45, 2.75) is 57.3 Å². The van der Waals surface area contributed by atoms with E-state index >= 15 is 0 Å². The Morgan fingerprint density at radius 2 is 1.81 bits per heavy atom. The van der Waals surface area contributed by atoms with E-state index in [0.29, 0.717) is 30.8 Å². The molecule has 2 fully saturated rings. The fraction of sp³-hybridized carbons (Fsp3) is 0.444. The van der Waals surface area contributed by atoms with Crippen molar-refractivity contribution in [2.75, 3.05) is 19.6 Å². The van der Waals surface area contributed by atoms with E-state index in [1.54, 1.807) is 24.0 Å². The summed E-state index contributed by atoms with van der Waals surface area (Å²) in [6, 6.07) is 5.85. The number of hydrogen-bond donors (Lipinski definition) is 4. The van der Waals surface area contributed by atoms with Crippen LogP contribution in [0.4, 0.5) is 8.78 Å². The summed E-state index contributed by atoms with van der Waals surface area (Å²) in [5, 5.41) is 19.4. The normalized spacial score (nSPS) is 21.3. The molecule has 0 aliphatic carbocycles. The van der Waals surface area contributed by atoms with Crippen molar-refractivity contribution < 1.29 is 28.3 Å². The minimum atomic E-state index is -1.40. The maximum absolute atomic E-state index is 13.8. The molecule has 2 aliphatic rings. The molecular formula is C27H32F2N4O4. The van der Waals surface area contributed by atoms with Crippen LogP contribution in [0.1, 0.15) is 51.6 Å². The molecule has 0 radical (unpaired) electrons. The van der Waals surface area contributed by atoms with Gasteiger partial charge in [-0.05, 0) is 74.6 Å². The molecule has 2 heterocycles. The lowest BCUT2D eigenvalue weighted by molar-refractivity contribution is -0.127. The smallest absolute Gasteiger partial charge is 0.254 e. The van der Waals surface area contributed by atoms with Crippen LogP contribution in [0, 0.1) is 18.6 Å². The predicted octanol–water partition coefficient (Wildman–Crippen LogP) is 1.69. The molecule has 2 aliphatic heterocycles. The number of hydrogen-bond acceptors (Lipinski definition) is 5. The summed E-state index contributed by atoms with van der Waals surface area (Å²) in [6.07, 6.45) is 0.325. The summed E-state index contributed by atoms with van der Waals surface area (Å²) in [7, 11) is 0. The molecule has 198 valence electrons. The molecule has 3 unspecified atom stereocenters. The molecular weight excluding hydrogens is 482 g/mol. The Balaban J connectivity index is 1.59. The van der Waals surface area contributed by atoms with Gasteiger partial charge >= 0.3 is 0 Å². The highest BCUT2D eigenvalue weighted by Gasteiger charge is 2.36. The highest BCUT2D eigenvalue weighted by molar-refractivity contribution is 6.00. The van der Waals surface area contributed by atoms with Crippen LogP contribution in [-0.4, -0.2) is 71.6 Å². The minimum Gasteiger partial charge on any atom is -0.389 e. The summed E-state index contributed by atoms with van der Waals surface area (Å²) < 4.78 is 27.7. The van der Waals surface area contributed by atoms with Gasteiger partial charge in [0.1, 0.15) is 17.7 Å². The molecule has 3 amide bonds. The van der Waals surface area contributed by atoms with E-state index in [1.165, 1.54) is 6.07 Å². The van der Waals surface area contributed by atoms with E-state index < -0.39 is 41.6 Å². The first-order valence-corrected chi connectivity index (χ1v) is 12.5. The van der Waals surface area contributed by atoms with Gasteiger partial charge in [0.2, 0.25) is 5.91 Å². The van der Waals surface area contributed by atoms with Gasteiger partial charge in [-0.2, -0.15) is 0 Å². The number of aliphatic hydroxyl groups is 1. The van der Waals surface area contributed by atoms with E-state index in [1.807, 2.05) is 6.92 Å². The fourth-order valence-electron chi connectivity index (χ4n) is 5.05. The van der Waals surface area contributed by atoms with Gasteiger partial charge in [0.25, 0.3) is 11.8 Å². The Morgan fingerprint density at radius 3 is 2.46 bits per heavy atom. The number of carbonyl (C=O) groups is 3. The Hall–Kier alpha value is -3.37. The number of piperazine rings is 1. The van der Waals surface area contributed by atoms with Crippen LogP contribution in [0.3, 0.4) is 0 Å². The van der Waals surface area contributed by atoms with Crippen LogP contribution < -0.4 is 16.0 Å². The number of amides is 3. The van der Waals surface area contributed by atoms with E-state index in [-0.39, 0.29) is 29.5 Å². The second kappa shape index (κ2) is 11.4. The molecule has 0 aromatic heterocycles. The van der Waals surface area contributed by atoms with E-state index in [9.17, 15) is 28.3 Å². The van der Waals surface area contributed by atoms with Crippen molar-refractivity contribution in [1.29, 1.82) is 0 Å². The van der Waals surface area contributed by atoms with Gasteiger partial charge < -0.3 is 26.0 Å². The standard InChI is InChI=1S/C27H32F2N4O4/c1-15-8-18(13-19(9-15)27(37)33-7-3-4-16(33)2)25(35)32-22(12-17-10-20(28)14-21(29)11-17)24(34)23-26(36)31-6-5-30-23/h8-11,13-14,16,22-24,30,34H,3-7,12H2,1-2H3,(H,31,36)(H,32,35)/t16-,22?,23?,24?/m0/s1. The maximum Gasteiger partial charge on any atom is 0.254 e. The van der Waals surface area contributed by atoms with E-state index in [4.69, 9.17) is 0 Å². The second-order valence-electron chi connectivity index (χ2n) is 9.85. The highest BCUT2D eigenvalue weighted by Crippen LogP contribution is 2.21. The third-order valence-electron chi connectivity index (χ3n) is 6.92. The lowest BCUT2D eigenvalue weighted by atomic mass is 9.94. The van der Waals surface area contributed by atoms with Gasteiger partial charge in [-0.15, -0.1) is 0 Å². The Kier molecular flexibility index (Phi) is 8.19. The molecule has 4 N–H and O–H groups in total. The molecule has 2 aromatic rings. The summed E-state index contributed by atoms with van der Waals surface area (Å²) in [5.74, 6) is -2.75. The van der Waals surface area contributed by atoms with Gasteiger partial charge in [-0.1, -0.05) is 0 Å². The Bertz CT molecular complexity index is 1170. The van der Waals surface area contributed by atoms with Gasteiger partial charge in [0.05, 0.1) is 12.1 Å². The second-order valence-corrected chi connectivity index (χ2v) is 9.85. The molecule has 0 bridgehead atoms. The third kappa shape index (κ3) is 6.31. The van der Waals surface area contributed by atoms with Gasteiger partial charge in [0.15, 0.2) is 0 Å². The molecule has 4 rings (SSSR count). The topological polar surface area (TPSA) is 111 Å². The average Bonchev–Trinajstić information content (AvgIpc) is 3.27. The van der Waals surface area contributed by atoms with Crippen molar-refractivity contribution in [3.63, 3.8) is 0 Å². The van der Waals surface area contributed by atoms with Crippen molar-refractivity contribution in [2.24, 2.45) is 0 Å². The lowest BCUT2D eigenvalue weighted by Gasteiger charge is -2.33. The van der Waals surface area contributed by atoms with Crippen LogP contribution >= 0.6 is 0 Å². The molecule has 2 saturated heterocycles. The molecule has 8 nitrogen and oxygen atoms in total. The molecule has 0 spiro atoms. The first kappa shape index (κ1) is 26.7. The van der Waals surface area contributed by atoms with E-state index in [2.05, 4.69) is 16.0 Å². The molecule has 10 heteroatoms. The number of likely N-dealkylation sites (tertiary alicyclic amines) is 1. The quantitative estimate of drug-likeness (QED) is 0.450. The van der Waals surface area contributed by atoms with E-state index in [0.717, 1.165) is 31.0 Å². The van der Waals surface area contributed by atoms with Crippen molar-refractivity contribution in [3.05, 3.63) is 70.3 Å². The van der Waals surface area contributed by atoms with Crippen molar-refractivity contribution in [1.82, 2.24) is 20.9 Å². The molecule has 2 aromatic carbocycles. The number of aryl methyl sites for hydroxylation is 1. The molecule has 0 saturated carbocycles. The van der Waals surface area contributed by atoms with Crippen molar-refractivity contribution >= 4 is 17.7 Å². The van der Waals surface area contributed by atoms with Gasteiger partial charge in [-0.25, -0.2) is 8.78 Å². The number of aliphatic hydroxyl groups excluding tert-OH is 1. The lowest BCUT2D eigenvalue weighted by Crippen LogP contribution is -2.63. The third-order valence-corrected chi connectivity index (χ3v) is 6.92. The monoisotopic (exact) mass is 514 g/mol. The SMILES string of the molecule is Cc1cc(C(=O)NC(Cc2cc(F)cc(F)c2)C(O)C2NCCNC2=O)cc(C(=O)N2CCC[C@@H]2C)c1. The van der Waals surface area contributed by atoms with Crippen LogP contribution in [0.25, 0.3) is 0 Å². The number of benzene rings is 2. The highest BCUT2D eigenvalue weighted by atomic mass is 19.1. The summed E-state index contributed by atoms with van der Waals surface area (Å²) in [5.41, 5.74) is 1.51.